The Bertz CT molecular complexity index is 985. The molecule has 1 N–H and O–H groups in total. The Labute approximate surface area is 164 Å². The van der Waals surface area contributed by atoms with Crippen LogP contribution in [0.3, 0.4) is 0 Å². The quantitative estimate of drug-likeness (QED) is 0.757. The van der Waals surface area contributed by atoms with E-state index in [0.717, 1.165) is 53.5 Å². The minimum Gasteiger partial charge on any atom is -0.367 e. The summed E-state index contributed by atoms with van der Waals surface area (Å²) in [5.74, 6) is 0.856. The van der Waals surface area contributed by atoms with Crippen molar-refractivity contribution >= 4 is 23.1 Å². The first-order valence-corrected chi connectivity index (χ1v) is 9.63. The Hall–Kier alpha value is -3.16. The van der Waals surface area contributed by atoms with Gasteiger partial charge in [-0.15, -0.1) is 10.2 Å². The lowest BCUT2D eigenvalue weighted by Gasteiger charge is -2.35. The monoisotopic (exact) mass is 379 g/mol. The number of benzene rings is 1. The Kier molecular flexibility index (Phi) is 4.85. The van der Waals surface area contributed by atoms with E-state index in [-0.39, 0.29) is 6.03 Å². The number of amides is 2. The van der Waals surface area contributed by atoms with Crippen LogP contribution in [0.15, 0.2) is 30.5 Å². The fourth-order valence-corrected chi connectivity index (χ4v) is 3.64. The van der Waals surface area contributed by atoms with Crippen LogP contribution in [0.4, 0.5) is 16.2 Å². The van der Waals surface area contributed by atoms with Gasteiger partial charge in [0.15, 0.2) is 11.5 Å². The van der Waals surface area contributed by atoms with Crippen molar-refractivity contribution in [3.05, 3.63) is 47.4 Å². The summed E-state index contributed by atoms with van der Waals surface area (Å²) in [7, 11) is 0. The molecule has 8 nitrogen and oxygen atoms in total. The van der Waals surface area contributed by atoms with Gasteiger partial charge in [-0.3, -0.25) is 0 Å². The largest absolute Gasteiger partial charge is 0.367 e. The van der Waals surface area contributed by atoms with Gasteiger partial charge in [0.1, 0.15) is 0 Å². The van der Waals surface area contributed by atoms with E-state index in [9.17, 15) is 4.79 Å². The van der Waals surface area contributed by atoms with Crippen LogP contribution in [-0.4, -0.2) is 56.9 Å². The number of nitrogens with one attached hydrogen (secondary N) is 1. The van der Waals surface area contributed by atoms with Crippen molar-refractivity contribution in [1.29, 1.82) is 0 Å². The fraction of sp³-hybridized carbons (Fsp3) is 0.400. The number of hydrogen-bond donors (Lipinski definition) is 1. The molecular formula is C20H25N7O. The third-order valence-electron chi connectivity index (χ3n) is 5.03. The topological polar surface area (TPSA) is 78.7 Å². The lowest BCUT2D eigenvalue weighted by atomic mass is 10.1. The molecule has 0 saturated carbocycles. The van der Waals surface area contributed by atoms with E-state index in [0.29, 0.717) is 13.1 Å². The van der Waals surface area contributed by atoms with Crippen molar-refractivity contribution in [3.8, 4) is 0 Å². The zero-order valence-corrected chi connectivity index (χ0v) is 16.5. The minimum atomic E-state index is -0.0525. The number of aromatic nitrogens is 4. The smallest absolute Gasteiger partial charge is 0.321 e. The summed E-state index contributed by atoms with van der Waals surface area (Å²) < 4.78 is 1.77. The highest BCUT2D eigenvalue weighted by Gasteiger charge is 2.22. The Morgan fingerprint density at radius 3 is 2.43 bits per heavy atom. The van der Waals surface area contributed by atoms with Crippen molar-refractivity contribution in [3.63, 3.8) is 0 Å². The molecule has 0 spiro atoms. The zero-order valence-electron chi connectivity index (χ0n) is 16.5. The van der Waals surface area contributed by atoms with Crippen molar-refractivity contribution in [1.82, 2.24) is 24.7 Å². The molecule has 2 aromatic heterocycles. The lowest BCUT2D eigenvalue weighted by Crippen LogP contribution is -2.50. The van der Waals surface area contributed by atoms with E-state index < -0.39 is 0 Å². The SMILES string of the molecule is CCc1nnc2cc(N3CCN(C(=O)Nc4cc(C)cc(C)c4)CC3)cnn12. The maximum atomic E-state index is 12.6. The molecule has 1 aromatic carbocycles. The zero-order chi connectivity index (χ0) is 19.7. The van der Waals surface area contributed by atoms with Crippen LogP contribution in [0.25, 0.3) is 5.65 Å². The number of aryl methyl sites for hydroxylation is 3. The van der Waals surface area contributed by atoms with E-state index in [4.69, 9.17) is 0 Å². The number of rotatable bonds is 3. The number of carbonyl (C=O) groups excluding carboxylic acids is 1. The summed E-state index contributed by atoms with van der Waals surface area (Å²) in [4.78, 5) is 16.7. The van der Waals surface area contributed by atoms with Crippen LogP contribution < -0.4 is 10.2 Å². The molecule has 0 aliphatic carbocycles. The second-order valence-corrected chi connectivity index (χ2v) is 7.23. The van der Waals surface area contributed by atoms with Gasteiger partial charge in [0.05, 0.1) is 11.9 Å². The molecule has 2 amide bonds. The van der Waals surface area contributed by atoms with Crippen molar-refractivity contribution in [2.24, 2.45) is 0 Å². The normalized spacial score (nSPS) is 14.5. The van der Waals surface area contributed by atoms with E-state index in [1.807, 2.05) is 50.1 Å². The molecule has 1 aliphatic rings. The van der Waals surface area contributed by atoms with Crippen molar-refractivity contribution in [2.45, 2.75) is 27.2 Å². The molecule has 0 unspecified atom stereocenters. The highest BCUT2D eigenvalue weighted by atomic mass is 16.2. The molecule has 1 aliphatic heterocycles. The van der Waals surface area contributed by atoms with E-state index >= 15 is 0 Å². The number of piperazine rings is 1. The average Bonchev–Trinajstić information content (AvgIpc) is 3.09. The third kappa shape index (κ3) is 3.62. The number of nitrogens with zero attached hydrogens (tertiary/aromatic N) is 6. The maximum absolute atomic E-state index is 12.6. The van der Waals surface area contributed by atoms with Gasteiger partial charge in [-0.05, 0) is 37.1 Å². The predicted octanol–water partition coefficient (Wildman–Crippen LogP) is 2.66. The first kappa shape index (κ1) is 18.2. The Morgan fingerprint density at radius 1 is 1.04 bits per heavy atom. The number of carbonyl (C=O) groups is 1. The number of urea groups is 1. The van der Waals surface area contributed by atoms with Gasteiger partial charge >= 0.3 is 6.03 Å². The van der Waals surface area contributed by atoms with E-state index in [1.54, 1.807) is 4.52 Å². The summed E-state index contributed by atoms with van der Waals surface area (Å²) in [6.45, 7) is 8.94. The molecule has 0 atom stereocenters. The molecule has 3 heterocycles. The average molecular weight is 379 g/mol. The molecule has 1 fully saturated rings. The van der Waals surface area contributed by atoms with Crippen LogP contribution in [0.5, 0.6) is 0 Å². The van der Waals surface area contributed by atoms with Gasteiger partial charge in [-0.1, -0.05) is 13.0 Å². The number of anilines is 2. The highest BCUT2D eigenvalue weighted by Crippen LogP contribution is 2.19. The first-order valence-electron chi connectivity index (χ1n) is 9.63. The Balaban J connectivity index is 1.39. The molecule has 1 saturated heterocycles. The van der Waals surface area contributed by atoms with Crippen LogP contribution >= 0.6 is 0 Å². The molecule has 4 rings (SSSR count). The molecule has 28 heavy (non-hydrogen) atoms. The third-order valence-corrected chi connectivity index (χ3v) is 5.03. The van der Waals surface area contributed by atoms with E-state index in [1.165, 1.54) is 0 Å². The summed E-state index contributed by atoms with van der Waals surface area (Å²) in [6, 6.07) is 8.03. The van der Waals surface area contributed by atoms with Gasteiger partial charge in [-0.2, -0.15) is 9.61 Å². The van der Waals surface area contributed by atoms with Crippen LogP contribution in [0.1, 0.15) is 23.9 Å². The molecular weight excluding hydrogens is 354 g/mol. The summed E-state index contributed by atoms with van der Waals surface area (Å²) in [5.41, 5.74) is 4.89. The van der Waals surface area contributed by atoms with E-state index in [2.05, 4.69) is 31.6 Å². The lowest BCUT2D eigenvalue weighted by molar-refractivity contribution is 0.208. The van der Waals surface area contributed by atoms with Crippen LogP contribution in [0.2, 0.25) is 0 Å². The van der Waals surface area contributed by atoms with Gasteiger partial charge < -0.3 is 15.1 Å². The summed E-state index contributed by atoms with van der Waals surface area (Å²) in [5, 5.41) is 15.8. The standard InChI is InChI=1S/C20H25N7O/c1-4-18-23-24-19-12-17(13-21-27(18)19)25-5-7-26(8-6-25)20(28)22-16-10-14(2)9-15(3)11-16/h9-13H,4-8H2,1-3H3,(H,22,28). The number of fused-ring (bicyclic) bond motifs is 1. The second kappa shape index (κ2) is 7.46. The molecule has 0 bridgehead atoms. The number of hydrogen-bond acceptors (Lipinski definition) is 5. The summed E-state index contributed by atoms with van der Waals surface area (Å²) >= 11 is 0. The van der Waals surface area contributed by atoms with Gasteiger partial charge in [0.2, 0.25) is 0 Å². The molecule has 3 aromatic rings. The first-order chi connectivity index (χ1) is 13.5. The summed E-state index contributed by atoms with van der Waals surface area (Å²) in [6.07, 6.45) is 2.64. The van der Waals surface area contributed by atoms with Crippen LogP contribution in [-0.2, 0) is 6.42 Å². The fourth-order valence-electron chi connectivity index (χ4n) is 3.64. The maximum Gasteiger partial charge on any atom is 0.321 e. The second-order valence-electron chi connectivity index (χ2n) is 7.23. The minimum absolute atomic E-state index is 0.0525. The van der Waals surface area contributed by atoms with Gasteiger partial charge in [-0.25, -0.2) is 4.79 Å². The van der Waals surface area contributed by atoms with Crippen LogP contribution in [0, 0.1) is 13.8 Å². The predicted molar refractivity (Wildman–Crippen MR) is 109 cm³/mol. The molecule has 0 radical (unpaired) electrons. The highest BCUT2D eigenvalue weighted by molar-refractivity contribution is 5.89. The van der Waals surface area contributed by atoms with Gasteiger partial charge in [0, 0.05) is 44.4 Å². The molecule has 8 heteroatoms. The van der Waals surface area contributed by atoms with Crippen molar-refractivity contribution in [2.75, 3.05) is 36.4 Å². The van der Waals surface area contributed by atoms with Crippen molar-refractivity contribution < 1.29 is 4.79 Å². The molecule has 146 valence electrons. The Morgan fingerprint density at radius 2 is 1.75 bits per heavy atom. The van der Waals surface area contributed by atoms with Gasteiger partial charge in [0.25, 0.3) is 0 Å².